The topological polar surface area (TPSA) is 53.4 Å². The van der Waals surface area contributed by atoms with Crippen molar-refractivity contribution in [3.05, 3.63) is 47.4 Å². The van der Waals surface area contributed by atoms with Gasteiger partial charge in [-0.25, -0.2) is 4.39 Å². The van der Waals surface area contributed by atoms with Crippen LogP contribution in [0, 0.1) is 11.2 Å². The number of hydrogen-bond donors (Lipinski definition) is 2. The summed E-state index contributed by atoms with van der Waals surface area (Å²) >= 11 is 0. The van der Waals surface area contributed by atoms with E-state index in [1.807, 2.05) is 13.0 Å². The molecule has 0 saturated carbocycles. The van der Waals surface area contributed by atoms with Crippen molar-refractivity contribution in [2.24, 2.45) is 5.41 Å². The Bertz CT molecular complexity index is 738. The van der Waals surface area contributed by atoms with Crippen LogP contribution >= 0.6 is 0 Å². The zero-order valence-electron chi connectivity index (χ0n) is 13.0. The lowest BCUT2D eigenvalue weighted by Crippen LogP contribution is -2.43. The number of halogens is 1. The molecule has 0 fully saturated rings. The summed E-state index contributed by atoms with van der Waals surface area (Å²) in [4.78, 5) is 4.61. The molecule has 3 rings (SSSR count). The van der Waals surface area contributed by atoms with E-state index in [9.17, 15) is 14.6 Å². The number of phenolic OH excluding ortho intramolecular Hbond substituents is 1. The first-order valence-corrected chi connectivity index (χ1v) is 7.44. The highest BCUT2D eigenvalue weighted by molar-refractivity contribution is 5.61. The van der Waals surface area contributed by atoms with Crippen molar-refractivity contribution in [2.45, 2.75) is 39.2 Å². The van der Waals surface area contributed by atoms with Crippen molar-refractivity contribution >= 4 is 0 Å². The molecule has 1 aliphatic carbocycles. The number of aromatic nitrogens is 1. The van der Waals surface area contributed by atoms with Crippen LogP contribution in [0.2, 0.25) is 0 Å². The van der Waals surface area contributed by atoms with E-state index in [0.29, 0.717) is 11.3 Å². The van der Waals surface area contributed by atoms with Gasteiger partial charge in [0.15, 0.2) is 11.6 Å². The van der Waals surface area contributed by atoms with Gasteiger partial charge in [-0.3, -0.25) is 4.98 Å². The molecule has 2 aromatic rings. The molecule has 1 atom stereocenters. The molecule has 116 valence electrons. The average Bonchev–Trinajstić information content (AvgIpc) is 2.46. The summed E-state index contributed by atoms with van der Waals surface area (Å²) in [6, 6.07) is 7.90. The number of benzene rings is 1. The number of aryl methyl sites for hydroxylation is 1. The lowest BCUT2D eigenvalue weighted by atomic mass is 9.65. The highest BCUT2D eigenvalue weighted by atomic mass is 19.1. The fourth-order valence-corrected chi connectivity index (χ4v) is 3.00. The molecule has 0 amide bonds. The quantitative estimate of drug-likeness (QED) is 0.843. The van der Waals surface area contributed by atoms with E-state index in [1.54, 1.807) is 12.1 Å². The molecule has 2 N–H and O–H groups in total. The Morgan fingerprint density at radius 2 is 1.86 bits per heavy atom. The van der Waals surface area contributed by atoms with E-state index in [2.05, 4.69) is 18.8 Å². The molecule has 22 heavy (non-hydrogen) atoms. The summed E-state index contributed by atoms with van der Waals surface area (Å²) in [6.45, 7) is 5.94. The van der Waals surface area contributed by atoms with Gasteiger partial charge in [0.05, 0.1) is 11.3 Å². The fraction of sp³-hybridized carbons (Fsp3) is 0.389. The number of aliphatic hydroxyl groups is 1. The summed E-state index contributed by atoms with van der Waals surface area (Å²) in [5.74, 6) is -1.03. The van der Waals surface area contributed by atoms with Crippen molar-refractivity contribution in [1.82, 2.24) is 4.98 Å². The van der Waals surface area contributed by atoms with Crippen LogP contribution in [0.15, 0.2) is 30.3 Å². The molecule has 0 bridgehead atoms. The number of hydrogen-bond acceptors (Lipinski definition) is 3. The minimum atomic E-state index is -0.938. The zero-order valence-corrected chi connectivity index (χ0v) is 13.0. The van der Waals surface area contributed by atoms with E-state index >= 15 is 0 Å². The van der Waals surface area contributed by atoms with Gasteiger partial charge in [-0.05, 0) is 49.4 Å². The molecule has 3 nitrogen and oxygen atoms in total. The first kappa shape index (κ1) is 15.0. The molecular weight excluding hydrogens is 281 g/mol. The molecule has 1 aliphatic rings. The van der Waals surface area contributed by atoms with E-state index in [1.165, 1.54) is 12.1 Å². The maximum atomic E-state index is 13.5. The van der Waals surface area contributed by atoms with Gasteiger partial charge in [-0.2, -0.15) is 0 Å². The van der Waals surface area contributed by atoms with E-state index in [0.717, 1.165) is 24.1 Å². The lowest BCUT2D eigenvalue weighted by Gasteiger charge is -2.45. The Hall–Kier alpha value is -1.94. The summed E-state index contributed by atoms with van der Waals surface area (Å²) in [6.07, 6.45) is 1.63. The lowest BCUT2D eigenvalue weighted by molar-refractivity contribution is -0.0701. The van der Waals surface area contributed by atoms with Gasteiger partial charge >= 0.3 is 0 Å². The van der Waals surface area contributed by atoms with Crippen molar-refractivity contribution < 1.29 is 14.6 Å². The van der Waals surface area contributed by atoms with E-state index in [-0.39, 0.29) is 11.2 Å². The van der Waals surface area contributed by atoms with Gasteiger partial charge in [-0.1, -0.05) is 19.9 Å². The highest BCUT2D eigenvalue weighted by Crippen LogP contribution is 2.47. The number of rotatable bonds is 1. The molecule has 4 heteroatoms. The zero-order chi connectivity index (χ0) is 16.1. The standard InChI is InChI=1S/C18H20FNO2/c1-17(2)9-8-15-12(18(17,3)22)5-6-14(20-15)11-4-7-16(21)13(19)10-11/h4-7,10,21-22H,8-9H2,1-3H3. The van der Waals surface area contributed by atoms with Crippen LogP contribution < -0.4 is 0 Å². The third kappa shape index (κ3) is 2.18. The molecule has 0 saturated heterocycles. The van der Waals surface area contributed by atoms with Gasteiger partial charge in [0, 0.05) is 16.8 Å². The van der Waals surface area contributed by atoms with Crippen LogP contribution in [-0.2, 0) is 12.0 Å². The molecule has 0 aliphatic heterocycles. The third-order valence-corrected chi connectivity index (χ3v) is 5.05. The second-order valence-corrected chi connectivity index (χ2v) is 6.81. The van der Waals surface area contributed by atoms with Crippen molar-refractivity contribution in [2.75, 3.05) is 0 Å². The predicted octanol–water partition coefficient (Wildman–Crippen LogP) is 3.77. The third-order valence-electron chi connectivity index (χ3n) is 5.05. The van der Waals surface area contributed by atoms with Crippen LogP contribution in [-0.4, -0.2) is 15.2 Å². The second-order valence-electron chi connectivity index (χ2n) is 6.81. The van der Waals surface area contributed by atoms with Crippen molar-refractivity contribution in [3.63, 3.8) is 0 Å². The smallest absolute Gasteiger partial charge is 0.165 e. The second kappa shape index (κ2) is 4.78. The van der Waals surface area contributed by atoms with Crippen LogP contribution in [0.4, 0.5) is 4.39 Å². The Kier molecular flexibility index (Phi) is 3.25. The first-order valence-electron chi connectivity index (χ1n) is 7.44. The van der Waals surface area contributed by atoms with Gasteiger partial charge in [0.2, 0.25) is 0 Å². The van der Waals surface area contributed by atoms with Crippen LogP contribution in [0.5, 0.6) is 5.75 Å². The Morgan fingerprint density at radius 1 is 1.14 bits per heavy atom. The molecule has 0 radical (unpaired) electrons. The predicted molar refractivity (Wildman–Crippen MR) is 83.0 cm³/mol. The summed E-state index contributed by atoms with van der Waals surface area (Å²) in [5, 5.41) is 20.1. The number of phenols is 1. The molecule has 1 aromatic carbocycles. The Labute approximate surface area is 129 Å². The SMILES string of the molecule is CC1(C)CCc2nc(-c3ccc(O)c(F)c3)ccc2C1(C)O. The normalized spacial score (nSPS) is 23.1. The Morgan fingerprint density at radius 3 is 2.55 bits per heavy atom. The van der Waals surface area contributed by atoms with Gasteiger partial charge in [0.1, 0.15) is 0 Å². The van der Waals surface area contributed by atoms with Gasteiger partial charge < -0.3 is 10.2 Å². The maximum Gasteiger partial charge on any atom is 0.165 e. The molecule has 1 unspecified atom stereocenters. The average molecular weight is 301 g/mol. The number of nitrogens with zero attached hydrogens (tertiary/aromatic N) is 1. The number of pyridine rings is 1. The van der Waals surface area contributed by atoms with E-state index in [4.69, 9.17) is 0 Å². The van der Waals surface area contributed by atoms with E-state index < -0.39 is 11.4 Å². The largest absolute Gasteiger partial charge is 0.505 e. The Balaban J connectivity index is 2.07. The number of aromatic hydroxyl groups is 1. The highest BCUT2D eigenvalue weighted by Gasteiger charge is 2.45. The monoisotopic (exact) mass is 301 g/mol. The summed E-state index contributed by atoms with van der Waals surface area (Å²) < 4.78 is 13.5. The van der Waals surface area contributed by atoms with Crippen LogP contribution in [0.3, 0.4) is 0 Å². The summed E-state index contributed by atoms with van der Waals surface area (Å²) in [5.41, 5.74) is 1.80. The molecule has 0 spiro atoms. The first-order chi connectivity index (χ1) is 10.2. The summed E-state index contributed by atoms with van der Waals surface area (Å²) in [7, 11) is 0. The van der Waals surface area contributed by atoms with Crippen molar-refractivity contribution in [3.8, 4) is 17.0 Å². The minimum absolute atomic E-state index is 0.214. The van der Waals surface area contributed by atoms with Gasteiger partial charge in [0.25, 0.3) is 0 Å². The van der Waals surface area contributed by atoms with Crippen LogP contribution in [0.25, 0.3) is 11.3 Å². The molecular formula is C18H20FNO2. The van der Waals surface area contributed by atoms with Crippen molar-refractivity contribution in [1.29, 1.82) is 0 Å². The van der Waals surface area contributed by atoms with Crippen LogP contribution in [0.1, 0.15) is 38.4 Å². The number of fused-ring (bicyclic) bond motifs is 1. The van der Waals surface area contributed by atoms with Gasteiger partial charge in [-0.15, -0.1) is 0 Å². The molecule has 1 heterocycles. The maximum absolute atomic E-state index is 13.5. The fourth-order valence-electron chi connectivity index (χ4n) is 3.00. The molecule has 1 aromatic heterocycles. The minimum Gasteiger partial charge on any atom is -0.505 e.